The molecular weight excluding hydrogens is 240 g/mol. The summed E-state index contributed by atoms with van der Waals surface area (Å²) in [6.45, 7) is 7.78. The number of hydrogen-bond donors (Lipinski definition) is 0. The van der Waals surface area contributed by atoms with Crippen molar-refractivity contribution in [1.29, 1.82) is 0 Å². The Balaban J connectivity index is 1.64. The number of hydrogen-bond acceptors (Lipinski definition) is 3. The van der Waals surface area contributed by atoms with Gasteiger partial charge in [0.05, 0.1) is 0 Å². The maximum Gasteiger partial charge on any atom is 0.0285 e. The Kier molecular flexibility index (Phi) is 3.93. The lowest BCUT2D eigenvalue weighted by atomic mass is 9.95. The van der Waals surface area contributed by atoms with Crippen LogP contribution < -0.4 is 0 Å². The molecule has 3 heteroatoms. The largest absolute Gasteiger partial charge is 0.298 e. The molecule has 3 fully saturated rings. The summed E-state index contributed by atoms with van der Waals surface area (Å²) in [6, 6.07) is 1.70. The van der Waals surface area contributed by atoms with Gasteiger partial charge in [-0.05, 0) is 44.9 Å². The third-order valence-electron chi connectivity index (χ3n) is 5.36. The van der Waals surface area contributed by atoms with Gasteiger partial charge in [-0.3, -0.25) is 9.80 Å². The highest BCUT2D eigenvalue weighted by Crippen LogP contribution is 2.48. The Bertz CT molecular complexity index is 290. The first-order valence-corrected chi connectivity index (χ1v) is 9.02. The van der Waals surface area contributed by atoms with Gasteiger partial charge in [0.2, 0.25) is 0 Å². The van der Waals surface area contributed by atoms with Gasteiger partial charge < -0.3 is 0 Å². The molecule has 18 heavy (non-hydrogen) atoms. The highest BCUT2D eigenvalue weighted by molar-refractivity contribution is 8.00. The van der Waals surface area contributed by atoms with E-state index in [9.17, 15) is 0 Å². The van der Waals surface area contributed by atoms with Crippen LogP contribution in [0.25, 0.3) is 0 Å². The highest BCUT2D eigenvalue weighted by Gasteiger charge is 2.45. The van der Waals surface area contributed by atoms with Crippen LogP contribution in [0.1, 0.15) is 45.4 Å². The van der Waals surface area contributed by atoms with Crippen LogP contribution in [0.2, 0.25) is 0 Å². The van der Waals surface area contributed by atoms with Crippen LogP contribution in [-0.4, -0.2) is 59.1 Å². The minimum atomic E-state index is 0.643. The predicted molar refractivity (Wildman–Crippen MR) is 80.3 cm³/mol. The number of fused-ring (bicyclic) bond motifs is 1. The minimum Gasteiger partial charge on any atom is -0.298 e. The zero-order chi connectivity index (χ0) is 12.6. The number of piperidine rings is 1. The van der Waals surface area contributed by atoms with Gasteiger partial charge in [0.1, 0.15) is 0 Å². The molecular formula is C15H28N2S. The van der Waals surface area contributed by atoms with Gasteiger partial charge in [0.15, 0.2) is 0 Å². The first-order valence-electron chi connectivity index (χ1n) is 7.79. The van der Waals surface area contributed by atoms with Crippen molar-refractivity contribution in [2.45, 2.75) is 62.3 Å². The number of thioether (sulfide) groups is 1. The van der Waals surface area contributed by atoms with E-state index in [2.05, 4.69) is 34.7 Å². The van der Waals surface area contributed by atoms with Crippen LogP contribution in [0.4, 0.5) is 0 Å². The van der Waals surface area contributed by atoms with Crippen LogP contribution >= 0.6 is 11.8 Å². The lowest BCUT2D eigenvalue weighted by Gasteiger charge is -2.49. The van der Waals surface area contributed by atoms with Gasteiger partial charge in [-0.2, -0.15) is 11.8 Å². The van der Waals surface area contributed by atoms with E-state index in [0.29, 0.717) is 4.75 Å². The van der Waals surface area contributed by atoms with Crippen molar-refractivity contribution in [3.05, 3.63) is 0 Å². The van der Waals surface area contributed by atoms with Crippen molar-refractivity contribution in [1.82, 2.24) is 9.80 Å². The van der Waals surface area contributed by atoms with E-state index >= 15 is 0 Å². The van der Waals surface area contributed by atoms with Crippen molar-refractivity contribution in [3.63, 3.8) is 0 Å². The summed E-state index contributed by atoms with van der Waals surface area (Å²) in [5.74, 6) is 0. The highest BCUT2D eigenvalue weighted by atomic mass is 32.2. The van der Waals surface area contributed by atoms with Crippen molar-refractivity contribution < 1.29 is 0 Å². The molecule has 2 aliphatic heterocycles. The Morgan fingerprint density at radius 3 is 2.72 bits per heavy atom. The van der Waals surface area contributed by atoms with Crippen molar-refractivity contribution in [3.8, 4) is 0 Å². The molecule has 1 aliphatic carbocycles. The minimum absolute atomic E-state index is 0.643. The Morgan fingerprint density at radius 1 is 1.22 bits per heavy atom. The number of nitrogens with zero attached hydrogens (tertiary/aromatic N) is 2. The van der Waals surface area contributed by atoms with Crippen LogP contribution in [0.15, 0.2) is 0 Å². The van der Waals surface area contributed by atoms with E-state index in [1.165, 1.54) is 64.7 Å². The van der Waals surface area contributed by atoms with E-state index < -0.39 is 0 Å². The predicted octanol–water partition coefficient (Wildman–Crippen LogP) is 2.83. The quantitative estimate of drug-likeness (QED) is 0.774. The van der Waals surface area contributed by atoms with Gasteiger partial charge >= 0.3 is 0 Å². The van der Waals surface area contributed by atoms with E-state index in [-0.39, 0.29) is 0 Å². The molecule has 0 radical (unpaired) electrons. The molecule has 0 N–H and O–H groups in total. The molecule has 3 rings (SSSR count). The second-order valence-corrected chi connectivity index (χ2v) is 7.80. The molecule has 0 aromatic carbocycles. The van der Waals surface area contributed by atoms with Crippen molar-refractivity contribution >= 4 is 11.8 Å². The van der Waals surface area contributed by atoms with Gasteiger partial charge in [0.25, 0.3) is 0 Å². The van der Waals surface area contributed by atoms with E-state index in [1.807, 2.05) is 0 Å². The van der Waals surface area contributed by atoms with Gasteiger partial charge in [-0.25, -0.2) is 0 Å². The molecule has 0 spiro atoms. The average molecular weight is 268 g/mol. The van der Waals surface area contributed by atoms with Gasteiger partial charge in [0, 0.05) is 36.5 Å². The Labute approximate surface area is 116 Å². The van der Waals surface area contributed by atoms with E-state index in [0.717, 1.165) is 12.1 Å². The van der Waals surface area contributed by atoms with Crippen molar-refractivity contribution in [2.75, 3.05) is 32.4 Å². The van der Waals surface area contributed by atoms with Crippen LogP contribution in [0.3, 0.4) is 0 Å². The summed E-state index contributed by atoms with van der Waals surface area (Å²) < 4.78 is 0.643. The molecule has 104 valence electrons. The SMILES string of the molecule is CCC1CN2CCCCC2CN1CC1(SC)CC1. The van der Waals surface area contributed by atoms with Gasteiger partial charge in [-0.15, -0.1) is 0 Å². The smallest absolute Gasteiger partial charge is 0.0285 e. The number of piperazine rings is 1. The fourth-order valence-corrected chi connectivity index (χ4v) is 4.64. The van der Waals surface area contributed by atoms with Crippen LogP contribution in [-0.2, 0) is 0 Å². The molecule has 3 aliphatic rings. The maximum atomic E-state index is 2.84. The first kappa shape index (κ1) is 13.3. The fraction of sp³-hybridized carbons (Fsp3) is 1.00. The number of rotatable bonds is 4. The molecule has 0 bridgehead atoms. The molecule has 2 nitrogen and oxygen atoms in total. The summed E-state index contributed by atoms with van der Waals surface area (Å²) >= 11 is 2.12. The third-order valence-corrected chi connectivity index (χ3v) is 6.76. The molecule has 0 amide bonds. The molecule has 0 aromatic heterocycles. The zero-order valence-electron chi connectivity index (χ0n) is 12.0. The topological polar surface area (TPSA) is 6.48 Å². The summed E-state index contributed by atoms with van der Waals surface area (Å²) in [7, 11) is 0. The van der Waals surface area contributed by atoms with Crippen LogP contribution in [0.5, 0.6) is 0 Å². The molecule has 1 saturated carbocycles. The standard InChI is InChI=1S/C15H28N2S/c1-3-13-10-16-9-5-4-6-14(16)11-17(13)12-15(18-2)7-8-15/h13-14H,3-12H2,1-2H3. The second-order valence-electron chi connectivity index (χ2n) is 6.52. The molecule has 2 atom stereocenters. The summed E-state index contributed by atoms with van der Waals surface area (Å²) in [6.07, 6.45) is 10.9. The molecule has 2 unspecified atom stereocenters. The Morgan fingerprint density at radius 2 is 2.06 bits per heavy atom. The summed E-state index contributed by atoms with van der Waals surface area (Å²) in [5, 5.41) is 0. The maximum absolute atomic E-state index is 2.84. The summed E-state index contributed by atoms with van der Waals surface area (Å²) in [5.41, 5.74) is 0. The van der Waals surface area contributed by atoms with E-state index in [1.54, 1.807) is 0 Å². The average Bonchev–Trinajstić information content (AvgIpc) is 3.18. The van der Waals surface area contributed by atoms with E-state index in [4.69, 9.17) is 0 Å². The Hall–Kier alpha value is 0.270. The lowest BCUT2D eigenvalue weighted by molar-refractivity contribution is 0.00705. The zero-order valence-corrected chi connectivity index (χ0v) is 12.8. The molecule has 2 saturated heterocycles. The van der Waals surface area contributed by atoms with Crippen molar-refractivity contribution in [2.24, 2.45) is 0 Å². The lowest BCUT2D eigenvalue weighted by Crippen LogP contribution is -2.60. The van der Waals surface area contributed by atoms with Gasteiger partial charge in [-0.1, -0.05) is 13.3 Å². The first-order chi connectivity index (χ1) is 8.76. The van der Waals surface area contributed by atoms with Crippen LogP contribution in [0, 0.1) is 0 Å². The normalized spacial score (nSPS) is 36.3. The summed E-state index contributed by atoms with van der Waals surface area (Å²) in [4.78, 5) is 5.63. The molecule has 0 aromatic rings. The fourth-order valence-electron chi connectivity index (χ4n) is 3.83. The molecule has 2 heterocycles. The third kappa shape index (κ3) is 2.59. The second kappa shape index (κ2) is 5.34. The monoisotopic (exact) mass is 268 g/mol.